The Morgan fingerprint density at radius 2 is 2.04 bits per heavy atom. The molecule has 2 aromatic heterocycles. The number of halogens is 1. The zero-order chi connectivity index (χ0) is 16.2. The molecule has 5 nitrogen and oxygen atoms in total. The van der Waals surface area contributed by atoms with Crippen LogP contribution in [0, 0.1) is 12.7 Å². The number of oxazole rings is 1. The average molecular weight is 314 g/mol. The van der Waals surface area contributed by atoms with Crippen LogP contribution in [0.3, 0.4) is 0 Å². The lowest BCUT2D eigenvalue weighted by molar-refractivity contribution is 0.0926. The fourth-order valence-corrected chi connectivity index (χ4v) is 2.17. The van der Waals surface area contributed by atoms with Crippen molar-refractivity contribution in [3.8, 4) is 11.5 Å². The molecular formula is C17H15FN2O3. The van der Waals surface area contributed by atoms with E-state index in [1.54, 1.807) is 24.3 Å². The molecule has 0 aliphatic rings. The van der Waals surface area contributed by atoms with Crippen molar-refractivity contribution in [1.82, 2.24) is 10.3 Å². The molecule has 1 aromatic carbocycles. The number of furan rings is 1. The van der Waals surface area contributed by atoms with Crippen molar-refractivity contribution in [2.24, 2.45) is 0 Å². The standard InChI is InChI=1S/C17H15FN2O3/c1-11-14(8-9-19-16(21)15-3-2-10-22-15)20-17(23-11)12-4-6-13(18)7-5-12/h2-7,10H,8-9H2,1H3,(H,19,21). The van der Waals surface area contributed by atoms with E-state index in [0.29, 0.717) is 30.2 Å². The number of hydrogen-bond acceptors (Lipinski definition) is 4. The van der Waals surface area contributed by atoms with Crippen LogP contribution in [-0.2, 0) is 6.42 Å². The molecule has 3 aromatic rings. The molecule has 118 valence electrons. The fourth-order valence-electron chi connectivity index (χ4n) is 2.17. The van der Waals surface area contributed by atoms with Gasteiger partial charge in [-0.05, 0) is 43.3 Å². The van der Waals surface area contributed by atoms with Gasteiger partial charge in [0.05, 0.1) is 12.0 Å². The summed E-state index contributed by atoms with van der Waals surface area (Å²) in [6.07, 6.45) is 1.98. The summed E-state index contributed by atoms with van der Waals surface area (Å²) in [6, 6.07) is 9.21. The van der Waals surface area contributed by atoms with E-state index in [4.69, 9.17) is 8.83 Å². The maximum Gasteiger partial charge on any atom is 0.286 e. The number of rotatable bonds is 5. The van der Waals surface area contributed by atoms with Gasteiger partial charge >= 0.3 is 0 Å². The smallest absolute Gasteiger partial charge is 0.286 e. The molecule has 6 heteroatoms. The van der Waals surface area contributed by atoms with Crippen molar-refractivity contribution < 1.29 is 18.0 Å². The number of nitrogens with one attached hydrogen (secondary N) is 1. The quantitative estimate of drug-likeness (QED) is 0.784. The zero-order valence-corrected chi connectivity index (χ0v) is 12.5. The van der Waals surface area contributed by atoms with E-state index < -0.39 is 0 Å². The fraction of sp³-hybridized carbons (Fsp3) is 0.176. The van der Waals surface area contributed by atoms with Crippen LogP contribution in [0.2, 0.25) is 0 Å². The van der Waals surface area contributed by atoms with Gasteiger partial charge in [-0.3, -0.25) is 4.79 Å². The van der Waals surface area contributed by atoms with Crippen LogP contribution in [0.5, 0.6) is 0 Å². The summed E-state index contributed by atoms with van der Waals surface area (Å²) in [5.41, 5.74) is 1.46. The SMILES string of the molecule is Cc1oc(-c2ccc(F)cc2)nc1CCNC(=O)c1ccco1. The monoisotopic (exact) mass is 314 g/mol. The predicted octanol–water partition coefficient (Wildman–Crippen LogP) is 3.35. The highest BCUT2D eigenvalue weighted by Crippen LogP contribution is 2.22. The number of carbonyl (C=O) groups excluding carboxylic acids is 1. The van der Waals surface area contributed by atoms with Gasteiger partial charge in [0.25, 0.3) is 5.91 Å². The Kier molecular flexibility index (Phi) is 4.23. The lowest BCUT2D eigenvalue weighted by Crippen LogP contribution is -2.25. The third-order valence-electron chi connectivity index (χ3n) is 3.38. The molecule has 0 saturated heterocycles. The van der Waals surface area contributed by atoms with Crippen LogP contribution in [0.1, 0.15) is 22.0 Å². The van der Waals surface area contributed by atoms with E-state index in [2.05, 4.69) is 10.3 Å². The van der Waals surface area contributed by atoms with Crippen LogP contribution in [0.4, 0.5) is 4.39 Å². The first kappa shape index (κ1) is 15.0. The van der Waals surface area contributed by atoms with E-state index in [0.717, 1.165) is 5.69 Å². The number of aromatic nitrogens is 1. The van der Waals surface area contributed by atoms with Crippen molar-refractivity contribution in [1.29, 1.82) is 0 Å². The highest BCUT2D eigenvalue weighted by Gasteiger charge is 2.13. The van der Waals surface area contributed by atoms with Crippen LogP contribution in [0.15, 0.2) is 51.5 Å². The molecule has 0 aliphatic heterocycles. The van der Waals surface area contributed by atoms with Crippen LogP contribution in [-0.4, -0.2) is 17.4 Å². The normalized spacial score (nSPS) is 10.7. The highest BCUT2D eigenvalue weighted by atomic mass is 19.1. The van der Waals surface area contributed by atoms with Crippen molar-refractivity contribution in [2.75, 3.05) is 6.54 Å². The molecule has 3 rings (SSSR count). The first-order valence-electron chi connectivity index (χ1n) is 7.17. The molecule has 0 bridgehead atoms. The number of benzene rings is 1. The number of amides is 1. The van der Waals surface area contributed by atoms with Crippen LogP contribution >= 0.6 is 0 Å². The molecule has 23 heavy (non-hydrogen) atoms. The Hall–Kier alpha value is -2.89. The van der Waals surface area contributed by atoms with Gasteiger partial charge in [-0.25, -0.2) is 9.37 Å². The first-order chi connectivity index (χ1) is 11.1. The predicted molar refractivity (Wildman–Crippen MR) is 81.4 cm³/mol. The molecule has 0 spiro atoms. The minimum absolute atomic E-state index is 0.269. The van der Waals surface area contributed by atoms with E-state index in [9.17, 15) is 9.18 Å². The maximum absolute atomic E-state index is 12.9. The van der Waals surface area contributed by atoms with Crippen LogP contribution in [0.25, 0.3) is 11.5 Å². The second-order valence-electron chi connectivity index (χ2n) is 5.01. The molecule has 0 atom stereocenters. The molecule has 0 aliphatic carbocycles. The topological polar surface area (TPSA) is 68.3 Å². The molecule has 0 radical (unpaired) electrons. The molecule has 2 heterocycles. The Labute approximate surface area is 132 Å². The largest absolute Gasteiger partial charge is 0.459 e. The van der Waals surface area contributed by atoms with Gasteiger partial charge in [-0.2, -0.15) is 0 Å². The third-order valence-corrected chi connectivity index (χ3v) is 3.38. The highest BCUT2D eigenvalue weighted by molar-refractivity contribution is 5.91. The number of nitrogens with zero attached hydrogens (tertiary/aromatic N) is 1. The van der Waals surface area contributed by atoms with Gasteiger partial charge in [-0.1, -0.05) is 0 Å². The summed E-state index contributed by atoms with van der Waals surface area (Å²) < 4.78 is 23.6. The lowest BCUT2D eigenvalue weighted by Gasteiger charge is -2.01. The van der Waals surface area contributed by atoms with Crippen molar-refractivity contribution >= 4 is 5.91 Å². The number of carbonyl (C=O) groups is 1. The van der Waals surface area contributed by atoms with Gasteiger partial charge in [0.1, 0.15) is 11.6 Å². The second-order valence-corrected chi connectivity index (χ2v) is 5.01. The van der Waals surface area contributed by atoms with Crippen molar-refractivity contribution in [2.45, 2.75) is 13.3 Å². The summed E-state index contributed by atoms with van der Waals surface area (Å²) in [7, 11) is 0. The second kappa shape index (κ2) is 6.48. The Balaban J connectivity index is 1.62. The Morgan fingerprint density at radius 3 is 2.74 bits per heavy atom. The van der Waals surface area contributed by atoms with Crippen LogP contribution < -0.4 is 5.32 Å². The van der Waals surface area contributed by atoms with Gasteiger partial charge in [0.15, 0.2) is 5.76 Å². The van der Waals surface area contributed by atoms with Gasteiger partial charge in [-0.15, -0.1) is 0 Å². The minimum Gasteiger partial charge on any atom is -0.459 e. The molecule has 1 N–H and O–H groups in total. The summed E-state index contributed by atoms with van der Waals surface area (Å²) in [6.45, 7) is 2.22. The van der Waals surface area contributed by atoms with E-state index >= 15 is 0 Å². The molecule has 0 unspecified atom stereocenters. The Morgan fingerprint density at radius 1 is 1.26 bits per heavy atom. The van der Waals surface area contributed by atoms with Crippen molar-refractivity contribution in [3.63, 3.8) is 0 Å². The summed E-state index contributed by atoms with van der Waals surface area (Å²) in [5, 5.41) is 2.75. The lowest BCUT2D eigenvalue weighted by atomic mass is 10.2. The molecule has 0 saturated carbocycles. The van der Waals surface area contributed by atoms with Gasteiger partial charge in [0.2, 0.25) is 5.89 Å². The zero-order valence-electron chi connectivity index (χ0n) is 12.5. The third kappa shape index (κ3) is 3.48. The van der Waals surface area contributed by atoms with E-state index in [1.807, 2.05) is 6.92 Å². The first-order valence-corrected chi connectivity index (χ1v) is 7.17. The number of aryl methyl sites for hydroxylation is 1. The molecule has 1 amide bonds. The number of hydrogen-bond donors (Lipinski definition) is 1. The maximum atomic E-state index is 12.9. The summed E-state index contributed by atoms with van der Waals surface area (Å²) in [5.74, 6) is 0.813. The van der Waals surface area contributed by atoms with E-state index in [-0.39, 0.29) is 17.5 Å². The average Bonchev–Trinajstić information content (AvgIpc) is 3.18. The summed E-state index contributed by atoms with van der Waals surface area (Å²) >= 11 is 0. The minimum atomic E-state index is -0.308. The Bertz CT molecular complexity index is 792. The van der Waals surface area contributed by atoms with Crippen molar-refractivity contribution in [3.05, 3.63) is 65.7 Å². The van der Waals surface area contributed by atoms with Gasteiger partial charge < -0.3 is 14.2 Å². The van der Waals surface area contributed by atoms with E-state index in [1.165, 1.54) is 18.4 Å². The van der Waals surface area contributed by atoms with Gasteiger partial charge in [0, 0.05) is 18.5 Å². The molecule has 0 fully saturated rings. The summed E-state index contributed by atoms with van der Waals surface area (Å²) in [4.78, 5) is 16.2. The molecular weight excluding hydrogens is 299 g/mol.